The van der Waals surface area contributed by atoms with Crippen molar-refractivity contribution in [1.82, 2.24) is 10.6 Å². The van der Waals surface area contributed by atoms with Crippen molar-refractivity contribution in [2.45, 2.75) is 16.7 Å². The highest BCUT2D eigenvalue weighted by Crippen LogP contribution is 2.29. The molecule has 2 amide bonds. The largest absolute Gasteiger partial charge is 0.468 e. The summed E-state index contributed by atoms with van der Waals surface area (Å²) in [6, 6.07) is 14.3. The molecule has 0 aliphatic heterocycles. The van der Waals surface area contributed by atoms with Gasteiger partial charge < -0.3 is 15.1 Å². The predicted molar refractivity (Wildman–Crippen MR) is 111 cm³/mol. The lowest BCUT2D eigenvalue weighted by Crippen LogP contribution is -2.42. The number of halogens is 2. The molecule has 1 atom stereocenters. The van der Waals surface area contributed by atoms with Gasteiger partial charge in [-0.15, -0.1) is 0 Å². The number of nitrogens with one attached hydrogen (secondary N) is 2. The van der Waals surface area contributed by atoms with Gasteiger partial charge in [0.2, 0.25) is 0 Å². The maximum Gasteiger partial charge on any atom is 0.309 e. The molecule has 0 aliphatic carbocycles. The minimum atomic E-state index is -3.97. The van der Waals surface area contributed by atoms with Crippen LogP contribution < -0.4 is 10.6 Å². The lowest BCUT2D eigenvalue weighted by atomic mass is 10.2. The number of hydrogen-bond acceptors (Lipinski definition) is 5. The molecule has 10 heteroatoms. The average Bonchev–Trinajstić information content (AvgIpc) is 3.27. The molecule has 162 valence electrons. The number of rotatable bonds is 7. The van der Waals surface area contributed by atoms with Crippen molar-refractivity contribution in [2.75, 3.05) is 6.54 Å². The molecular weight excluding hydrogens is 447 g/mol. The van der Waals surface area contributed by atoms with E-state index in [1.54, 1.807) is 6.07 Å². The molecule has 0 radical (unpaired) electrons. The highest BCUT2D eigenvalue weighted by atomic mass is 35.5. The molecule has 0 fully saturated rings. The van der Waals surface area contributed by atoms with Gasteiger partial charge in [-0.1, -0.05) is 29.8 Å². The maximum atomic E-state index is 13.6. The van der Waals surface area contributed by atoms with Crippen LogP contribution in [0.25, 0.3) is 0 Å². The van der Waals surface area contributed by atoms with E-state index in [1.807, 2.05) is 0 Å². The van der Waals surface area contributed by atoms with E-state index in [1.165, 1.54) is 60.9 Å². The Morgan fingerprint density at radius 3 is 2.29 bits per heavy atom. The Morgan fingerprint density at radius 1 is 0.968 bits per heavy atom. The third-order valence-electron chi connectivity index (χ3n) is 4.43. The molecule has 1 aromatic heterocycles. The van der Waals surface area contributed by atoms with Crippen LogP contribution in [0.2, 0.25) is 5.02 Å². The van der Waals surface area contributed by atoms with Gasteiger partial charge in [-0.3, -0.25) is 9.59 Å². The summed E-state index contributed by atoms with van der Waals surface area (Å²) in [6.45, 7) is -0.603. The quantitative estimate of drug-likeness (QED) is 0.523. The van der Waals surface area contributed by atoms with Crippen molar-refractivity contribution in [3.05, 3.63) is 89.1 Å². The first-order chi connectivity index (χ1) is 14.8. The van der Waals surface area contributed by atoms with Gasteiger partial charge >= 0.3 is 11.8 Å². The summed E-state index contributed by atoms with van der Waals surface area (Å²) in [7, 11) is -3.97. The Labute approximate surface area is 183 Å². The molecule has 1 unspecified atom stereocenters. The smallest absolute Gasteiger partial charge is 0.309 e. The molecule has 0 spiro atoms. The molecule has 0 aliphatic rings. The first-order valence-corrected chi connectivity index (χ1v) is 11.0. The first kappa shape index (κ1) is 22.5. The fourth-order valence-corrected chi connectivity index (χ4v) is 4.50. The second-order valence-corrected chi connectivity index (χ2v) is 9.05. The van der Waals surface area contributed by atoms with Crippen molar-refractivity contribution in [1.29, 1.82) is 0 Å². The van der Waals surface area contributed by atoms with E-state index in [4.69, 9.17) is 16.0 Å². The number of hydrogen-bond donors (Lipinski definition) is 2. The van der Waals surface area contributed by atoms with Crippen molar-refractivity contribution in [3.63, 3.8) is 0 Å². The molecule has 1 heterocycles. The molecular formula is C21H18ClFN2O5S. The minimum absolute atomic E-state index is 0.0171. The topological polar surface area (TPSA) is 105 Å². The highest BCUT2D eigenvalue weighted by Gasteiger charge is 2.32. The zero-order chi connectivity index (χ0) is 22.4. The summed E-state index contributed by atoms with van der Waals surface area (Å²) in [6.07, 6.45) is 1.31. The van der Waals surface area contributed by atoms with Gasteiger partial charge in [0.25, 0.3) is 0 Å². The highest BCUT2D eigenvalue weighted by molar-refractivity contribution is 7.91. The normalized spacial score (nSPS) is 12.2. The number of benzene rings is 2. The number of amides is 2. The third kappa shape index (κ3) is 5.50. The molecule has 0 bridgehead atoms. The van der Waals surface area contributed by atoms with Gasteiger partial charge in [0.15, 0.2) is 9.84 Å². The maximum absolute atomic E-state index is 13.6. The summed E-state index contributed by atoms with van der Waals surface area (Å²) >= 11 is 5.82. The van der Waals surface area contributed by atoms with Gasteiger partial charge in [0.05, 0.1) is 11.2 Å². The number of carbonyl (C=O) groups excluding carboxylic acids is 2. The van der Waals surface area contributed by atoms with Crippen LogP contribution in [0.15, 0.2) is 76.2 Å². The monoisotopic (exact) mass is 464 g/mol. The van der Waals surface area contributed by atoms with Crippen molar-refractivity contribution >= 4 is 33.3 Å². The van der Waals surface area contributed by atoms with E-state index in [-0.39, 0.29) is 22.8 Å². The van der Waals surface area contributed by atoms with Gasteiger partial charge in [-0.2, -0.15) is 0 Å². The van der Waals surface area contributed by atoms with Crippen molar-refractivity contribution < 1.29 is 26.8 Å². The Morgan fingerprint density at radius 2 is 1.65 bits per heavy atom. The summed E-state index contributed by atoms with van der Waals surface area (Å²) in [4.78, 5) is 24.2. The van der Waals surface area contributed by atoms with Crippen molar-refractivity contribution in [3.8, 4) is 0 Å². The van der Waals surface area contributed by atoms with Gasteiger partial charge in [-0.25, -0.2) is 12.8 Å². The average molecular weight is 465 g/mol. The molecule has 3 rings (SSSR count). The predicted octanol–water partition coefficient (Wildman–Crippen LogP) is 3.02. The third-order valence-corrected chi connectivity index (χ3v) is 6.76. The standard InChI is InChI=1S/C21H18ClFN2O5S/c22-15-7-9-16(10-8-15)31(28,29)19(18-6-3-11-30-18)13-25-21(27)20(26)24-12-14-4-1-2-5-17(14)23/h1-11,19H,12-13H2,(H,24,26)(H,25,27). The molecule has 3 aromatic rings. The Kier molecular flexibility index (Phi) is 7.09. The van der Waals surface area contributed by atoms with E-state index in [2.05, 4.69) is 10.6 Å². The minimum Gasteiger partial charge on any atom is -0.468 e. The first-order valence-electron chi connectivity index (χ1n) is 9.11. The molecule has 2 aromatic carbocycles. The summed E-state index contributed by atoms with van der Waals surface area (Å²) in [5.41, 5.74) is 0.211. The number of sulfone groups is 1. The van der Waals surface area contributed by atoms with Crippen LogP contribution in [0.3, 0.4) is 0 Å². The SMILES string of the molecule is O=C(NCc1ccccc1F)C(=O)NCC(c1ccco1)S(=O)(=O)c1ccc(Cl)cc1. The molecule has 31 heavy (non-hydrogen) atoms. The second-order valence-electron chi connectivity index (χ2n) is 6.49. The Hall–Kier alpha value is -3.17. The molecule has 0 saturated heterocycles. The summed E-state index contributed by atoms with van der Waals surface area (Å²) < 4.78 is 45.0. The van der Waals surface area contributed by atoms with Crippen LogP contribution in [-0.4, -0.2) is 26.8 Å². The number of carbonyl (C=O) groups is 2. The lowest BCUT2D eigenvalue weighted by Gasteiger charge is -2.16. The van der Waals surface area contributed by atoms with Crippen LogP contribution in [0, 0.1) is 5.82 Å². The Balaban J connectivity index is 1.69. The van der Waals surface area contributed by atoms with E-state index >= 15 is 0 Å². The Bertz CT molecular complexity index is 1160. The van der Waals surface area contributed by atoms with Crippen LogP contribution in [-0.2, 0) is 26.0 Å². The molecule has 7 nitrogen and oxygen atoms in total. The molecule has 2 N–H and O–H groups in total. The zero-order valence-corrected chi connectivity index (χ0v) is 17.6. The fraction of sp³-hybridized carbons (Fsp3) is 0.143. The van der Waals surface area contributed by atoms with Gasteiger partial charge in [-0.05, 0) is 42.5 Å². The second kappa shape index (κ2) is 9.76. The summed E-state index contributed by atoms with van der Waals surface area (Å²) in [5, 5.41) is 3.69. The number of furan rings is 1. The molecule has 0 saturated carbocycles. The van der Waals surface area contributed by atoms with Gasteiger partial charge in [0.1, 0.15) is 16.8 Å². The van der Waals surface area contributed by atoms with Crippen molar-refractivity contribution in [2.24, 2.45) is 0 Å². The van der Waals surface area contributed by atoms with Crippen LogP contribution in [0.5, 0.6) is 0 Å². The van der Waals surface area contributed by atoms with E-state index in [9.17, 15) is 22.4 Å². The van der Waals surface area contributed by atoms with Crippen LogP contribution in [0.4, 0.5) is 4.39 Å². The van der Waals surface area contributed by atoms with Crippen LogP contribution in [0.1, 0.15) is 16.6 Å². The fourth-order valence-electron chi connectivity index (χ4n) is 2.79. The zero-order valence-electron chi connectivity index (χ0n) is 16.0. The van der Waals surface area contributed by atoms with E-state index in [0.717, 1.165) is 0 Å². The van der Waals surface area contributed by atoms with Crippen LogP contribution >= 0.6 is 11.6 Å². The summed E-state index contributed by atoms with van der Waals surface area (Å²) in [5.74, 6) is -2.50. The van der Waals surface area contributed by atoms with E-state index in [0.29, 0.717) is 5.02 Å². The van der Waals surface area contributed by atoms with E-state index < -0.39 is 39.3 Å². The van der Waals surface area contributed by atoms with Gasteiger partial charge in [0, 0.05) is 23.7 Å². The lowest BCUT2D eigenvalue weighted by molar-refractivity contribution is -0.139.